The Morgan fingerprint density at radius 1 is 1.19 bits per heavy atom. The van der Waals surface area contributed by atoms with E-state index in [9.17, 15) is 20.2 Å². The molecule has 0 saturated carbocycles. The summed E-state index contributed by atoms with van der Waals surface area (Å²) < 4.78 is 5.05. The maximum Gasteiger partial charge on any atom is 0.317 e. The first-order chi connectivity index (χ1) is 7.47. The summed E-state index contributed by atoms with van der Waals surface area (Å²) in [6.07, 6.45) is 0. The van der Waals surface area contributed by atoms with Crippen LogP contribution in [0.25, 0.3) is 0 Å². The largest absolute Gasteiger partial charge is 0.487 e. The van der Waals surface area contributed by atoms with Crippen molar-refractivity contribution in [3.8, 4) is 5.75 Å². The van der Waals surface area contributed by atoms with Gasteiger partial charge in [0.05, 0.1) is 22.5 Å². The van der Waals surface area contributed by atoms with Crippen molar-refractivity contribution in [2.45, 2.75) is 13.8 Å². The maximum atomic E-state index is 10.7. The summed E-state index contributed by atoms with van der Waals surface area (Å²) in [4.78, 5) is 19.9. The van der Waals surface area contributed by atoms with Crippen LogP contribution < -0.4 is 4.74 Å². The first-order valence-corrected chi connectivity index (χ1v) is 4.53. The second kappa shape index (κ2) is 4.56. The van der Waals surface area contributed by atoms with E-state index in [0.29, 0.717) is 5.56 Å². The molecule has 0 heterocycles. The molecule has 16 heavy (non-hydrogen) atoms. The van der Waals surface area contributed by atoms with E-state index in [-0.39, 0.29) is 23.7 Å². The molecule has 86 valence electrons. The Morgan fingerprint density at radius 3 is 2.19 bits per heavy atom. The summed E-state index contributed by atoms with van der Waals surface area (Å²) >= 11 is 0. The first kappa shape index (κ1) is 11.9. The minimum atomic E-state index is -0.697. The van der Waals surface area contributed by atoms with Gasteiger partial charge in [-0.2, -0.15) is 0 Å². The third-order valence-electron chi connectivity index (χ3n) is 1.97. The van der Waals surface area contributed by atoms with E-state index in [2.05, 4.69) is 0 Å². The van der Waals surface area contributed by atoms with Crippen LogP contribution in [-0.4, -0.2) is 16.5 Å². The molecule has 0 unspecified atom stereocenters. The average Bonchev–Trinajstić information content (AvgIpc) is 2.17. The molecule has 0 fully saturated rings. The molecule has 1 aromatic rings. The van der Waals surface area contributed by atoms with Crippen LogP contribution in [0.4, 0.5) is 11.4 Å². The molecule has 0 N–H and O–H groups in total. The summed E-state index contributed by atoms with van der Waals surface area (Å²) in [5, 5.41) is 21.3. The lowest BCUT2D eigenvalue weighted by molar-refractivity contribution is -0.395. The predicted molar refractivity (Wildman–Crippen MR) is 55.7 cm³/mol. The number of hydrogen-bond donors (Lipinski definition) is 0. The molecular weight excluding hydrogens is 216 g/mol. The Bertz CT molecular complexity index is 444. The summed E-state index contributed by atoms with van der Waals surface area (Å²) in [6.45, 7) is 3.45. The fourth-order valence-corrected chi connectivity index (χ4v) is 1.27. The molecule has 0 aliphatic carbocycles. The van der Waals surface area contributed by atoms with E-state index >= 15 is 0 Å². The molecule has 0 aromatic heterocycles. The zero-order valence-corrected chi connectivity index (χ0v) is 8.80. The van der Waals surface area contributed by atoms with E-state index in [4.69, 9.17) is 4.74 Å². The highest BCUT2D eigenvalue weighted by Crippen LogP contribution is 2.33. The Hall–Kier alpha value is -2.18. The van der Waals surface area contributed by atoms with E-state index in [1.807, 2.05) is 0 Å². The van der Waals surface area contributed by atoms with Gasteiger partial charge in [-0.1, -0.05) is 0 Å². The van der Waals surface area contributed by atoms with Crippen molar-refractivity contribution in [1.29, 1.82) is 0 Å². The molecule has 7 nitrogen and oxygen atoms in total. The van der Waals surface area contributed by atoms with Gasteiger partial charge in [0, 0.05) is 5.56 Å². The standard InChI is InChI=1S/C9H10N2O5/c1-3-16-9-4-6(2)7(10(12)13)5-8(9)11(14)15/h4-5H,3H2,1-2H3. The number of nitro groups is 2. The van der Waals surface area contributed by atoms with E-state index < -0.39 is 9.85 Å². The fourth-order valence-electron chi connectivity index (χ4n) is 1.27. The van der Waals surface area contributed by atoms with Gasteiger partial charge in [-0.25, -0.2) is 0 Å². The number of rotatable bonds is 4. The van der Waals surface area contributed by atoms with Gasteiger partial charge in [0.25, 0.3) is 5.69 Å². The molecule has 0 radical (unpaired) electrons. The molecule has 0 aliphatic rings. The molecule has 1 rings (SSSR count). The van der Waals surface area contributed by atoms with Crippen LogP contribution in [0.5, 0.6) is 5.75 Å². The van der Waals surface area contributed by atoms with Crippen LogP contribution in [0.15, 0.2) is 12.1 Å². The van der Waals surface area contributed by atoms with Crippen LogP contribution in [0.1, 0.15) is 12.5 Å². The molecule has 7 heteroatoms. The highest BCUT2D eigenvalue weighted by atomic mass is 16.6. The van der Waals surface area contributed by atoms with Crippen molar-refractivity contribution in [1.82, 2.24) is 0 Å². The lowest BCUT2D eigenvalue weighted by Crippen LogP contribution is -2.00. The third kappa shape index (κ3) is 2.25. The Kier molecular flexibility index (Phi) is 3.39. The smallest absolute Gasteiger partial charge is 0.317 e. The van der Waals surface area contributed by atoms with E-state index in [1.54, 1.807) is 6.92 Å². The minimum absolute atomic E-state index is 0.0515. The summed E-state index contributed by atoms with van der Waals surface area (Å²) in [5.41, 5.74) is -0.339. The Labute approximate surface area is 90.9 Å². The molecule has 0 saturated heterocycles. The number of aryl methyl sites for hydroxylation is 1. The molecular formula is C9H10N2O5. The fraction of sp³-hybridized carbons (Fsp3) is 0.333. The number of ether oxygens (including phenoxy) is 1. The molecule has 0 bridgehead atoms. The Balaban J connectivity index is 3.36. The highest BCUT2D eigenvalue weighted by molar-refractivity contribution is 5.57. The molecule has 0 spiro atoms. The van der Waals surface area contributed by atoms with Crippen molar-refractivity contribution in [2.24, 2.45) is 0 Å². The second-order valence-corrected chi connectivity index (χ2v) is 3.05. The van der Waals surface area contributed by atoms with Gasteiger partial charge in [0.15, 0.2) is 5.75 Å². The van der Waals surface area contributed by atoms with Gasteiger partial charge in [0.1, 0.15) is 0 Å². The molecule has 1 aromatic carbocycles. The number of benzene rings is 1. The number of hydrogen-bond acceptors (Lipinski definition) is 5. The van der Waals surface area contributed by atoms with E-state index in [0.717, 1.165) is 6.07 Å². The quantitative estimate of drug-likeness (QED) is 0.579. The van der Waals surface area contributed by atoms with Gasteiger partial charge >= 0.3 is 5.69 Å². The summed E-state index contributed by atoms with van der Waals surface area (Å²) in [6, 6.07) is 2.22. The van der Waals surface area contributed by atoms with Gasteiger partial charge < -0.3 is 4.74 Å². The molecule has 0 amide bonds. The molecule has 0 atom stereocenters. The summed E-state index contributed by atoms with van der Waals surface area (Å²) in [5.74, 6) is 0.0515. The first-order valence-electron chi connectivity index (χ1n) is 4.53. The van der Waals surface area contributed by atoms with Gasteiger partial charge in [0.2, 0.25) is 0 Å². The summed E-state index contributed by atoms with van der Waals surface area (Å²) in [7, 11) is 0. The normalized spacial score (nSPS) is 9.88. The maximum absolute atomic E-state index is 10.7. The number of nitro benzene ring substituents is 2. The van der Waals surface area contributed by atoms with Crippen molar-refractivity contribution in [2.75, 3.05) is 6.61 Å². The lowest BCUT2D eigenvalue weighted by atomic mass is 10.1. The van der Waals surface area contributed by atoms with Crippen molar-refractivity contribution in [3.05, 3.63) is 37.9 Å². The average molecular weight is 226 g/mol. The van der Waals surface area contributed by atoms with Crippen LogP contribution in [0.3, 0.4) is 0 Å². The number of nitrogens with zero attached hydrogens (tertiary/aromatic N) is 2. The minimum Gasteiger partial charge on any atom is -0.487 e. The predicted octanol–water partition coefficient (Wildman–Crippen LogP) is 2.21. The molecule has 0 aliphatic heterocycles. The Morgan fingerprint density at radius 2 is 1.75 bits per heavy atom. The zero-order valence-electron chi connectivity index (χ0n) is 8.80. The van der Waals surface area contributed by atoms with Gasteiger partial charge in [-0.05, 0) is 19.9 Å². The second-order valence-electron chi connectivity index (χ2n) is 3.05. The van der Waals surface area contributed by atoms with Crippen molar-refractivity contribution in [3.63, 3.8) is 0 Å². The van der Waals surface area contributed by atoms with Crippen molar-refractivity contribution >= 4 is 11.4 Å². The van der Waals surface area contributed by atoms with Gasteiger partial charge in [-0.15, -0.1) is 0 Å². The van der Waals surface area contributed by atoms with Crippen LogP contribution in [0.2, 0.25) is 0 Å². The SMILES string of the molecule is CCOc1cc(C)c([N+](=O)[O-])cc1[N+](=O)[O-]. The van der Waals surface area contributed by atoms with Crippen LogP contribution in [0, 0.1) is 27.2 Å². The monoisotopic (exact) mass is 226 g/mol. The van der Waals surface area contributed by atoms with Gasteiger partial charge in [-0.3, -0.25) is 20.2 Å². The van der Waals surface area contributed by atoms with E-state index in [1.165, 1.54) is 13.0 Å². The highest BCUT2D eigenvalue weighted by Gasteiger charge is 2.23. The van der Waals surface area contributed by atoms with Crippen LogP contribution >= 0.6 is 0 Å². The topological polar surface area (TPSA) is 95.5 Å². The lowest BCUT2D eigenvalue weighted by Gasteiger charge is -2.05. The van der Waals surface area contributed by atoms with Crippen LogP contribution in [-0.2, 0) is 0 Å². The zero-order chi connectivity index (χ0) is 12.3. The van der Waals surface area contributed by atoms with Crippen molar-refractivity contribution < 1.29 is 14.6 Å². The third-order valence-corrected chi connectivity index (χ3v) is 1.97.